The molecule has 3 rings (SSSR count). The van der Waals surface area contributed by atoms with Crippen molar-refractivity contribution in [2.24, 2.45) is 0 Å². The SMILES string of the molecule is Cc1ccc(/C=C2/SC(=S)N(CCCC(=O)Nc3ccc(Cl)cc3Cl)C2=O)cc1. The van der Waals surface area contributed by atoms with Crippen molar-refractivity contribution < 1.29 is 9.59 Å². The number of hydrogen-bond donors (Lipinski definition) is 1. The minimum absolute atomic E-state index is 0.123. The molecule has 4 nitrogen and oxygen atoms in total. The maximum Gasteiger partial charge on any atom is 0.266 e. The zero-order valence-corrected chi connectivity index (χ0v) is 18.7. The van der Waals surface area contributed by atoms with Crippen LogP contribution in [0.15, 0.2) is 47.4 Å². The predicted octanol–water partition coefficient (Wildman–Crippen LogP) is 5.92. The zero-order valence-electron chi connectivity index (χ0n) is 15.6. The Kier molecular flexibility index (Phi) is 7.35. The number of amides is 2. The van der Waals surface area contributed by atoms with Crippen LogP contribution in [0.5, 0.6) is 0 Å². The highest BCUT2D eigenvalue weighted by molar-refractivity contribution is 8.26. The van der Waals surface area contributed by atoms with Crippen molar-refractivity contribution in [3.8, 4) is 0 Å². The van der Waals surface area contributed by atoms with Gasteiger partial charge >= 0.3 is 0 Å². The Morgan fingerprint density at radius 3 is 2.62 bits per heavy atom. The van der Waals surface area contributed by atoms with Gasteiger partial charge in [0.1, 0.15) is 4.32 Å². The first-order valence-electron chi connectivity index (χ1n) is 8.90. The Bertz CT molecular complexity index is 991. The van der Waals surface area contributed by atoms with Gasteiger partial charge < -0.3 is 5.32 Å². The summed E-state index contributed by atoms with van der Waals surface area (Å²) in [7, 11) is 0. The van der Waals surface area contributed by atoms with E-state index in [2.05, 4.69) is 5.32 Å². The van der Waals surface area contributed by atoms with Gasteiger partial charge in [-0.2, -0.15) is 0 Å². The standard InChI is InChI=1S/C21H18Cl2N2O2S2/c1-13-4-6-14(7-5-13)11-18-20(27)25(21(28)29-18)10-2-3-19(26)24-17-9-8-15(22)12-16(17)23/h4-9,11-12H,2-3,10H2,1H3,(H,24,26)/b18-11+. The summed E-state index contributed by atoms with van der Waals surface area (Å²) < 4.78 is 0.509. The van der Waals surface area contributed by atoms with Crippen LogP contribution in [0.2, 0.25) is 10.0 Å². The van der Waals surface area contributed by atoms with E-state index < -0.39 is 0 Å². The third-order valence-electron chi connectivity index (χ3n) is 4.24. The summed E-state index contributed by atoms with van der Waals surface area (Å²) in [6, 6.07) is 12.8. The molecule has 29 heavy (non-hydrogen) atoms. The quantitative estimate of drug-likeness (QED) is 0.425. The number of halogens is 2. The molecule has 8 heteroatoms. The maximum atomic E-state index is 12.6. The first-order chi connectivity index (χ1) is 13.8. The van der Waals surface area contributed by atoms with Crippen LogP contribution in [-0.4, -0.2) is 27.6 Å². The van der Waals surface area contributed by atoms with Crippen molar-refractivity contribution in [3.05, 3.63) is 68.5 Å². The van der Waals surface area contributed by atoms with E-state index in [0.29, 0.717) is 37.9 Å². The Balaban J connectivity index is 1.54. The van der Waals surface area contributed by atoms with E-state index >= 15 is 0 Å². The topological polar surface area (TPSA) is 49.4 Å². The van der Waals surface area contributed by atoms with E-state index in [1.165, 1.54) is 11.8 Å². The maximum absolute atomic E-state index is 12.6. The number of carbonyl (C=O) groups excluding carboxylic acids is 2. The molecule has 0 aliphatic carbocycles. The zero-order chi connectivity index (χ0) is 21.0. The first kappa shape index (κ1) is 21.8. The third-order valence-corrected chi connectivity index (χ3v) is 6.17. The van der Waals surface area contributed by atoms with Gasteiger partial charge in [0.05, 0.1) is 15.6 Å². The summed E-state index contributed by atoms with van der Waals surface area (Å²) in [6.07, 6.45) is 2.57. The molecule has 0 bridgehead atoms. The fraction of sp³-hybridized carbons (Fsp3) is 0.190. The number of aryl methyl sites for hydroxylation is 1. The van der Waals surface area contributed by atoms with E-state index in [9.17, 15) is 9.59 Å². The van der Waals surface area contributed by atoms with Crippen molar-refractivity contribution in [2.45, 2.75) is 19.8 Å². The monoisotopic (exact) mass is 464 g/mol. The molecule has 2 aromatic carbocycles. The first-order valence-corrected chi connectivity index (χ1v) is 10.9. The molecule has 1 fully saturated rings. The van der Waals surface area contributed by atoms with Crippen LogP contribution in [0.4, 0.5) is 5.69 Å². The molecular weight excluding hydrogens is 447 g/mol. The normalized spacial score (nSPS) is 15.3. The lowest BCUT2D eigenvalue weighted by Crippen LogP contribution is -2.29. The molecule has 1 aliphatic heterocycles. The molecule has 2 amide bonds. The smallest absolute Gasteiger partial charge is 0.266 e. The molecule has 1 saturated heterocycles. The number of nitrogens with one attached hydrogen (secondary N) is 1. The molecule has 0 saturated carbocycles. The number of thioether (sulfide) groups is 1. The Morgan fingerprint density at radius 1 is 1.21 bits per heavy atom. The lowest BCUT2D eigenvalue weighted by Gasteiger charge is -2.14. The Labute approximate surface area is 189 Å². The van der Waals surface area contributed by atoms with Gasteiger partial charge in [0.25, 0.3) is 5.91 Å². The number of thiocarbonyl (C=S) groups is 1. The second-order valence-electron chi connectivity index (χ2n) is 6.52. The molecule has 150 valence electrons. The van der Waals surface area contributed by atoms with Gasteiger partial charge in [-0.25, -0.2) is 0 Å². The number of carbonyl (C=O) groups is 2. The van der Waals surface area contributed by atoms with Crippen molar-refractivity contribution in [1.82, 2.24) is 4.90 Å². The van der Waals surface area contributed by atoms with Crippen LogP contribution in [0.3, 0.4) is 0 Å². The summed E-state index contributed by atoms with van der Waals surface area (Å²) in [5, 5.41) is 3.63. The van der Waals surface area contributed by atoms with E-state index in [-0.39, 0.29) is 18.2 Å². The van der Waals surface area contributed by atoms with Gasteiger partial charge in [0, 0.05) is 18.0 Å². The van der Waals surface area contributed by atoms with Crippen LogP contribution in [0, 0.1) is 6.92 Å². The van der Waals surface area contributed by atoms with Gasteiger partial charge in [0.2, 0.25) is 5.91 Å². The molecule has 0 spiro atoms. The summed E-state index contributed by atoms with van der Waals surface area (Å²) in [5.41, 5.74) is 2.62. The summed E-state index contributed by atoms with van der Waals surface area (Å²) in [4.78, 5) is 27.0. The van der Waals surface area contributed by atoms with Crippen LogP contribution in [0.25, 0.3) is 6.08 Å². The van der Waals surface area contributed by atoms with E-state index in [1.807, 2.05) is 37.3 Å². The summed E-state index contributed by atoms with van der Waals surface area (Å²) in [5.74, 6) is -0.309. The molecule has 1 heterocycles. The van der Waals surface area contributed by atoms with Gasteiger partial charge in [-0.05, 0) is 43.2 Å². The second kappa shape index (κ2) is 9.76. The molecule has 1 aliphatic rings. The van der Waals surface area contributed by atoms with Gasteiger partial charge in [-0.3, -0.25) is 14.5 Å². The average Bonchev–Trinajstić information content (AvgIpc) is 2.93. The average molecular weight is 465 g/mol. The minimum atomic E-state index is -0.185. The summed E-state index contributed by atoms with van der Waals surface area (Å²) >= 11 is 18.5. The highest BCUT2D eigenvalue weighted by Gasteiger charge is 2.31. The number of rotatable bonds is 6. The van der Waals surface area contributed by atoms with Crippen molar-refractivity contribution in [2.75, 3.05) is 11.9 Å². The fourth-order valence-corrected chi connectivity index (χ4v) is 4.47. The van der Waals surface area contributed by atoms with Crippen molar-refractivity contribution in [1.29, 1.82) is 0 Å². The summed E-state index contributed by atoms with van der Waals surface area (Å²) in [6.45, 7) is 2.40. The number of nitrogens with zero attached hydrogens (tertiary/aromatic N) is 1. The number of benzene rings is 2. The van der Waals surface area contributed by atoms with Crippen LogP contribution >= 0.6 is 47.2 Å². The lowest BCUT2D eigenvalue weighted by atomic mass is 10.1. The van der Waals surface area contributed by atoms with Crippen molar-refractivity contribution >= 4 is 75.1 Å². The minimum Gasteiger partial charge on any atom is -0.325 e. The molecule has 0 atom stereocenters. The van der Waals surface area contributed by atoms with E-state index in [1.54, 1.807) is 23.1 Å². The molecular formula is C21H18Cl2N2O2S2. The Morgan fingerprint density at radius 2 is 1.93 bits per heavy atom. The van der Waals surface area contributed by atoms with Crippen LogP contribution < -0.4 is 5.32 Å². The second-order valence-corrected chi connectivity index (χ2v) is 9.04. The van der Waals surface area contributed by atoms with E-state index in [4.69, 9.17) is 35.4 Å². The highest BCUT2D eigenvalue weighted by atomic mass is 35.5. The molecule has 0 unspecified atom stereocenters. The molecule has 1 N–H and O–H groups in total. The number of anilines is 1. The predicted molar refractivity (Wildman–Crippen MR) is 125 cm³/mol. The van der Waals surface area contributed by atoms with Crippen molar-refractivity contribution in [3.63, 3.8) is 0 Å². The number of hydrogen-bond acceptors (Lipinski definition) is 4. The largest absolute Gasteiger partial charge is 0.325 e. The van der Waals surface area contributed by atoms with Crippen LogP contribution in [0.1, 0.15) is 24.0 Å². The molecule has 0 aromatic heterocycles. The highest BCUT2D eigenvalue weighted by Crippen LogP contribution is 2.33. The Hall–Kier alpha value is -1.86. The van der Waals surface area contributed by atoms with Gasteiger partial charge in [-0.15, -0.1) is 0 Å². The molecule has 0 radical (unpaired) electrons. The third kappa shape index (κ3) is 5.82. The van der Waals surface area contributed by atoms with Gasteiger partial charge in [0.15, 0.2) is 0 Å². The van der Waals surface area contributed by atoms with E-state index in [0.717, 1.165) is 11.1 Å². The molecule has 2 aromatic rings. The lowest BCUT2D eigenvalue weighted by molar-refractivity contribution is -0.122. The fourth-order valence-electron chi connectivity index (χ4n) is 2.71. The van der Waals surface area contributed by atoms with Crippen LogP contribution in [-0.2, 0) is 9.59 Å². The van der Waals surface area contributed by atoms with Gasteiger partial charge in [-0.1, -0.05) is 77.0 Å².